The maximum absolute atomic E-state index is 13.5. The molecule has 2 aromatic carbocycles. The summed E-state index contributed by atoms with van der Waals surface area (Å²) in [5, 5.41) is 2.05. The van der Waals surface area contributed by atoms with Crippen LogP contribution in [0.1, 0.15) is 19.8 Å². The molecule has 0 saturated carbocycles. The number of ether oxygens (including phenoxy) is 2. The molecule has 1 N–H and O–H groups in total. The van der Waals surface area contributed by atoms with E-state index >= 15 is 0 Å². The topological polar surface area (TPSA) is 64.6 Å². The average molecular weight is 381 g/mol. The molecule has 0 spiro atoms. The van der Waals surface area contributed by atoms with E-state index in [1.54, 1.807) is 12.1 Å². The Hall–Kier alpha value is -3.03. The highest BCUT2D eigenvalue weighted by Gasteiger charge is 2.21. The van der Waals surface area contributed by atoms with Gasteiger partial charge in [-0.15, -0.1) is 0 Å². The van der Waals surface area contributed by atoms with Crippen LogP contribution in [0, 0.1) is 17.5 Å². The minimum atomic E-state index is -1.70. The summed E-state index contributed by atoms with van der Waals surface area (Å²) in [6.45, 7) is 1.57. The molecule has 0 bridgehead atoms. The van der Waals surface area contributed by atoms with Crippen molar-refractivity contribution < 1.29 is 32.2 Å². The fourth-order valence-corrected chi connectivity index (χ4v) is 2.09. The van der Waals surface area contributed by atoms with Gasteiger partial charge in [0.1, 0.15) is 5.75 Å². The Morgan fingerprint density at radius 2 is 1.74 bits per heavy atom. The van der Waals surface area contributed by atoms with E-state index in [-0.39, 0.29) is 6.42 Å². The second-order valence-electron chi connectivity index (χ2n) is 5.61. The number of para-hydroxylation sites is 1. The number of hydrogen-bond donors (Lipinski definition) is 1. The van der Waals surface area contributed by atoms with Gasteiger partial charge < -0.3 is 14.8 Å². The number of esters is 1. The monoisotopic (exact) mass is 381 g/mol. The van der Waals surface area contributed by atoms with Gasteiger partial charge in [0.2, 0.25) is 0 Å². The molecule has 144 valence electrons. The molecule has 0 aromatic heterocycles. The number of carbonyl (C=O) groups excluding carboxylic acids is 2. The Bertz CT molecular complexity index is 799. The van der Waals surface area contributed by atoms with Gasteiger partial charge in [0, 0.05) is 6.42 Å². The normalized spacial score (nSPS) is 11.6. The summed E-state index contributed by atoms with van der Waals surface area (Å²) in [7, 11) is 0. The van der Waals surface area contributed by atoms with E-state index in [9.17, 15) is 22.8 Å². The molecule has 0 fully saturated rings. The predicted octanol–water partition coefficient (Wildman–Crippen LogP) is 3.83. The van der Waals surface area contributed by atoms with Crippen LogP contribution in [-0.4, -0.2) is 24.6 Å². The second-order valence-corrected chi connectivity index (χ2v) is 5.61. The number of carbonyl (C=O) groups is 2. The summed E-state index contributed by atoms with van der Waals surface area (Å²) in [5.41, 5.74) is -0.543. The zero-order valence-electron chi connectivity index (χ0n) is 14.5. The number of anilines is 1. The molecule has 2 rings (SSSR count). The van der Waals surface area contributed by atoms with E-state index in [0.717, 1.165) is 6.07 Å². The van der Waals surface area contributed by atoms with Crippen LogP contribution in [0.3, 0.4) is 0 Å². The van der Waals surface area contributed by atoms with Crippen molar-refractivity contribution in [2.75, 3.05) is 11.9 Å². The lowest BCUT2D eigenvalue weighted by molar-refractivity contribution is -0.153. The molecular weight excluding hydrogens is 363 g/mol. The minimum absolute atomic E-state index is 0.0178. The Balaban J connectivity index is 1.75. The molecule has 1 atom stereocenters. The van der Waals surface area contributed by atoms with Gasteiger partial charge in [0.25, 0.3) is 5.91 Å². The standard InChI is InChI=1S/C19H18F3NO4/c1-12(19(25)23-15-10-9-14(20)17(21)18(15)22)27-16(24)8-5-11-26-13-6-3-2-4-7-13/h2-4,6-7,9-10,12H,5,8,11H2,1H3,(H,23,25)/t12-/m0/s1. The van der Waals surface area contributed by atoms with Crippen molar-refractivity contribution in [2.24, 2.45) is 0 Å². The molecule has 0 aliphatic carbocycles. The zero-order chi connectivity index (χ0) is 19.8. The first-order valence-corrected chi connectivity index (χ1v) is 8.20. The Labute approximate surface area is 154 Å². The van der Waals surface area contributed by atoms with Crippen LogP contribution >= 0.6 is 0 Å². The van der Waals surface area contributed by atoms with Crippen LogP contribution in [0.2, 0.25) is 0 Å². The van der Waals surface area contributed by atoms with Crippen LogP contribution in [0.5, 0.6) is 5.75 Å². The minimum Gasteiger partial charge on any atom is -0.494 e. The van der Waals surface area contributed by atoms with Crippen molar-refractivity contribution in [3.05, 3.63) is 59.9 Å². The molecule has 5 nitrogen and oxygen atoms in total. The number of hydrogen-bond acceptors (Lipinski definition) is 4. The molecule has 27 heavy (non-hydrogen) atoms. The molecule has 8 heteroatoms. The molecule has 0 unspecified atom stereocenters. The molecule has 1 amide bonds. The Kier molecular flexibility index (Phi) is 7.22. The highest BCUT2D eigenvalue weighted by atomic mass is 19.2. The van der Waals surface area contributed by atoms with Crippen LogP contribution in [0.15, 0.2) is 42.5 Å². The van der Waals surface area contributed by atoms with E-state index in [1.165, 1.54) is 6.92 Å². The largest absolute Gasteiger partial charge is 0.494 e. The van der Waals surface area contributed by atoms with Crippen LogP contribution < -0.4 is 10.1 Å². The summed E-state index contributed by atoms with van der Waals surface area (Å²) < 4.78 is 49.9. The average Bonchev–Trinajstić information content (AvgIpc) is 2.66. The third-order valence-electron chi connectivity index (χ3n) is 3.51. The highest BCUT2D eigenvalue weighted by molar-refractivity contribution is 5.95. The van der Waals surface area contributed by atoms with Crippen molar-refractivity contribution in [1.82, 2.24) is 0 Å². The van der Waals surface area contributed by atoms with Crippen molar-refractivity contribution in [2.45, 2.75) is 25.9 Å². The van der Waals surface area contributed by atoms with Gasteiger partial charge in [-0.2, -0.15) is 0 Å². The van der Waals surface area contributed by atoms with Crippen molar-refractivity contribution >= 4 is 17.6 Å². The smallest absolute Gasteiger partial charge is 0.306 e. The molecular formula is C19H18F3NO4. The van der Waals surface area contributed by atoms with Gasteiger partial charge >= 0.3 is 5.97 Å². The Morgan fingerprint density at radius 3 is 2.44 bits per heavy atom. The third-order valence-corrected chi connectivity index (χ3v) is 3.51. The van der Waals surface area contributed by atoms with Crippen LogP contribution in [-0.2, 0) is 14.3 Å². The molecule has 0 saturated heterocycles. The first-order chi connectivity index (χ1) is 12.9. The fourth-order valence-electron chi connectivity index (χ4n) is 2.09. The van der Waals surface area contributed by atoms with Crippen molar-refractivity contribution in [3.63, 3.8) is 0 Å². The van der Waals surface area contributed by atoms with E-state index < -0.39 is 41.1 Å². The van der Waals surface area contributed by atoms with Gasteiger partial charge in [0.15, 0.2) is 23.6 Å². The van der Waals surface area contributed by atoms with Crippen LogP contribution in [0.25, 0.3) is 0 Å². The fraction of sp³-hybridized carbons (Fsp3) is 0.263. The number of rotatable bonds is 8. The second kappa shape index (κ2) is 9.61. The third kappa shape index (κ3) is 6.02. The van der Waals surface area contributed by atoms with Gasteiger partial charge in [-0.25, -0.2) is 13.2 Å². The Morgan fingerprint density at radius 1 is 1.04 bits per heavy atom. The first kappa shape index (κ1) is 20.3. The zero-order valence-corrected chi connectivity index (χ0v) is 14.5. The quantitative estimate of drug-likeness (QED) is 0.429. The van der Waals surface area contributed by atoms with E-state index in [4.69, 9.17) is 9.47 Å². The lowest BCUT2D eigenvalue weighted by Gasteiger charge is -2.14. The summed E-state index contributed by atoms with van der Waals surface area (Å²) in [6.07, 6.45) is -0.843. The van der Waals surface area contributed by atoms with E-state index in [0.29, 0.717) is 24.8 Å². The molecule has 0 heterocycles. The first-order valence-electron chi connectivity index (χ1n) is 8.20. The van der Waals surface area contributed by atoms with Gasteiger partial charge in [-0.1, -0.05) is 18.2 Å². The number of amides is 1. The molecule has 0 radical (unpaired) electrons. The maximum atomic E-state index is 13.5. The van der Waals surface area contributed by atoms with Gasteiger partial charge in [-0.3, -0.25) is 9.59 Å². The van der Waals surface area contributed by atoms with Crippen molar-refractivity contribution in [3.8, 4) is 5.75 Å². The molecule has 2 aromatic rings. The lowest BCUT2D eigenvalue weighted by Crippen LogP contribution is -2.30. The van der Waals surface area contributed by atoms with E-state index in [1.807, 2.05) is 23.5 Å². The molecule has 0 aliphatic rings. The number of benzene rings is 2. The van der Waals surface area contributed by atoms with Gasteiger partial charge in [-0.05, 0) is 37.6 Å². The number of nitrogens with one attached hydrogen (secondary N) is 1. The maximum Gasteiger partial charge on any atom is 0.306 e. The van der Waals surface area contributed by atoms with Crippen molar-refractivity contribution in [1.29, 1.82) is 0 Å². The van der Waals surface area contributed by atoms with Gasteiger partial charge in [0.05, 0.1) is 12.3 Å². The summed E-state index contributed by atoms with van der Waals surface area (Å²) >= 11 is 0. The summed E-state index contributed by atoms with van der Waals surface area (Å²) in [6, 6.07) is 10.6. The predicted molar refractivity (Wildman–Crippen MR) is 91.7 cm³/mol. The summed E-state index contributed by atoms with van der Waals surface area (Å²) in [4.78, 5) is 23.7. The lowest BCUT2D eigenvalue weighted by atomic mass is 10.2. The van der Waals surface area contributed by atoms with Crippen LogP contribution in [0.4, 0.5) is 18.9 Å². The summed E-state index contributed by atoms with van der Waals surface area (Å²) in [5.74, 6) is -5.43. The number of halogens is 3. The molecule has 0 aliphatic heterocycles. The van der Waals surface area contributed by atoms with E-state index in [2.05, 4.69) is 0 Å². The SMILES string of the molecule is C[C@H](OC(=O)CCCOc1ccccc1)C(=O)Nc1ccc(F)c(F)c1F. The highest BCUT2D eigenvalue weighted by Crippen LogP contribution is 2.20.